The lowest BCUT2D eigenvalue weighted by Crippen LogP contribution is -2.45. The van der Waals surface area contributed by atoms with E-state index in [0.717, 1.165) is 55.5 Å². The number of likely N-dealkylation sites (tertiary alicyclic amines) is 2. The van der Waals surface area contributed by atoms with Crippen molar-refractivity contribution in [3.05, 3.63) is 41.6 Å². The average Bonchev–Trinajstić information content (AvgIpc) is 3.41. The minimum Gasteiger partial charge on any atom is -0.460 e. The molecule has 2 aliphatic heterocycles. The van der Waals surface area contributed by atoms with Gasteiger partial charge in [-0.25, -0.2) is 4.79 Å². The van der Waals surface area contributed by atoms with E-state index in [-0.39, 0.29) is 29.9 Å². The van der Waals surface area contributed by atoms with Crippen LogP contribution in [-0.2, 0) is 16.1 Å². The molecule has 2 aliphatic rings. The number of hydrogen-bond acceptors (Lipinski definition) is 9. The fourth-order valence-electron chi connectivity index (χ4n) is 5.57. The summed E-state index contributed by atoms with van der Waals surface area (Å²) in [6.45, 7) is 13.1. The summed E-state index contributed by atoms with van der Waals surface area (Å²) in [6.07, 6.45) is 4.88. The second-order valence-electron chi connectivity index (χ2n) is 13.2. The Kier molecular flexibility index (Phi) is 9.57. The quantitative estimate of drug-likeness (QED) is 0.368. The van der Waals surface area contributed by atoms with Gasteiger partial charge < -0.3 is 29.9 Å². The van der Waals surface area contributed by atoms with Crippen LogP contribution in [0.5, 0.6) is 6.01 Å². The van der Waals surface area contributed by atoms with Crippen molar-refractivity contribution in [2.24, 2.45) is 5.92 Å². The molecule has 2 N–H and O–H groups in total. The lowest BCUT2D eigenvalue weighted by Gasteiger charge is -2.33. The standard InChI is InChI=1S/C32H46N8O4/c1-21(2)26-19-34-40-27(26)36-30(43-25-12-15-38(6)16-13-25)37-29(40)33-18-22-9-7-11-24(17-22)35-28(41)23-10-8-14-39(20-23)31(42)44-32(3,4)5/h7,9,11,17,19,21,23,25H,8,10,12-16,18,20H2,1-6H3,(H,35,41)(H,33,36,37). The van der Waals surface area contributed by atoms with Gasteiger partial charge in [0.15, 0.2) is 5.65 Å². The van der Waals surface area contributed by atoms with Crippen molar-refractivity contribution < 1.29 is 19.1 Å². The van der Waals surface area contributed by atoms with Gasteiger partial charge in [-0.2, -0.15) is 19.6 Å². The highest BCUT2D eigenvalue weighted by Gasteiger charge is 2.31. The molecule has 3 aromatic rings. The van der Waals surface area contributed by atoms with Crippen LogP contribution in [0, 0.1) is 5.92 Å². The van der Waals surface area contributed by atoms with Crippen molar-refractivity contribution >= 4 is 29.3 Å². The van der Waals surface area contributed by atoms with E-state index in [9.17, 15) is 9.59 Å². The second kappa shape index (κ2) is 13.4. The Hall–Kier alpha value is -3.93. The maximum absolute atomic E-state index is 13.2. The third-order valence-electron chi connectivity index (χ3n) is 8.02. The number of carbonyl (C=O) groups excluding carboxylic acids is 2. The van der Waals surface area contributed by atoms with Crippen LogP contribution in [0.25, 0.3) is 5.65 Å². The number of carbonyl (C=O) groups is 2. The zero-order valence-electron chi connectivity index (χ0n) is 26.8. The van der Waals surface area contributed by atoms with E-state index in [0.29, 0.717) is 37.3 Å². The van der Waals surface area contributed by atoms with Gasteiger partial charge in [0.2, 0.25) is 11.9 Å². The molecule has 0 spiro atoms. The fraction of sp³-hybridized carbons (Fsp3) is 0.594. The molecule has 2 amide bonds. The largest absolute Gasteiger partial charge is 0.460 e. The van der Waals surface area contributed by atoms with E-state index in [1.165, 1.54) is 0 Å². The molecule has 1 unspecified atom stereocenters. The monoisotopic (exact) mass is 606 g/mol. The van der Waals surface area contributed by atoms with Crippen molar-refractivity contribution in [2.45, 2.75) is 84.5 Å². The number of rotatable bonds is 8. The average molecular weight is 607 g/mol. The van der Waals surface area contributed by atoms with Crippen molar-refractivity contribution in [2.75, 3.05) is 43.9 Å². The molecule has 5 rings (SSSR count). The van der Waals surface area contributed by atoms with Crippen LogP contribution in [0.1, 0.15) is 77.3 Å². The number of aromatic nitrogens is 4. The highest BCUT2D eigenvalue weighted by atomic mass is 16.6. The topological polar surface area (TPSA) is 126 Å². The molecule has 1 aromatic carbocycles. The van der Waals surface area contributed by atoms with Crippen LogP contribution in [0.2, 0.25) is 0 Å². The molecule has 44 heavy (non-hydrogen) atoms. The van der Waals surface area contributed by atoms with Crippen LogP contribution in [0.15, 0.2) is 30.5 Å². The molecular formula is C32H46N8O4. The molecule has 238 valence electrons. The predicted octanol–water partition coefficient (Wildman–Crippen LogP) is 4.92. The molecule has 2 fully saturated rings. The zero-order chi connectivity index (χ0) is 31.4. The number of amides is 2. The lowest BCUT2D eigenvalue weighted by atomic mass is 9.97. The molecule has 1 atom stereocenters. The van der Waals surface area contributed by atoms with E-state index >= 15 is 0 Å². The Morgan fingerprint density at radius 2 is 1.86 bits per heavy atom. The summed E-state index contributed by atoms with van der Waals surface area (Å²) in [5.41, 5.74) is 2.84. The van der Waals surface area contributed by atoms with Crippen LogP contribution in [0.3, 0.4) is 0 Å². The van der Waals surface area contributed by atoms with E-state index in [1.807, 2.05) is 51.2 Å². The van der Waals surface area contributed by atoms with Gasteiger partial charge in [0, 0.05) is 44.0 Å². The van der Waals surface area contributed by atoms with Gasteiger partial charge in [0.05, 0.1) is 12.1 Å². The predicted molar refractivity (Wildman–Crippen MR) is 169 cm³/mol. The van der Waals surface area contributed by atoms with Gasteiger partial charge in [-0.15, -0.1) is 0 Å². The summed E-state index contributed by atoms with van der Waals surface area (Å²) in [7, 11) is 2.12. The Balaban J connectivity index is 1.25. The molecule has 12 nitrogen and oxygen atoms in total. The number of fused-ring (bicyclic) bond motifs is 1. The summed E-state index contributed by atoms with van der Waals surface area (Å²) in [5.74, 6) is 0.385. The van der Waals surface area contributed by atoms with Crippen molar-refractivity contribution in [1.29, 1.82) is 0 Å². The maximum atomic E-state index is 13.2. The third kappa shape index (κ3) is 7.96. The number of benzene rings is 1. The summed E-state index contributed by atoms with van der Waals surface area (Å²) in [4.78, 5) is 39.1. The van der Waals surface area contributed by atoms with Gasteiger partial charge >= 0.3 is 12.1 Å². The van der Waals surface area contributed by atoms with Crippen LogP contribution < -0.4 is 15.4 Å². The molecule has 12 heteroatoms. The van der Waals surface area contributed by atoms with Gasteiger partial charge in [-0.05, 0) is 77.1 Å². The second-order valence-corrected chi connectivity index (χ2v) is 13.2. The summed E-state index contributed by atoms with van der Waals surface area (Å²) in [6, 6.07) is 8.07. The first kappa shape index (κ1) is 31.5. The number of hydrogen-bond donors (Lipinski definition) is 2. The van der Waals surface area contributed by atoms with E-state index < -0.39 is 5.60 Å². The molecule has 0 saturated carbocycles. The number of nitrogens with one attached hydrogen (secondary N) is 2. The summed E-state index contributed by atoms with van der Waals surface area (Å²) >= 11 is 0. The molecule has 0 bridgehead atoms. The first-order valence-corrected chi connectivity index (χ1v) is 15.7. The van der Waals surface area contributed by atoms with Gasteiger partial charge in [-0.3, -0.25) is 4.79 Å². The van der Waals surface area contributed by atoms with Crippen molar-refractivity contribution in [3.63, 3.8) is 0 Å². The molecule has 0 aliphatic carbocycles. The number of anilines is 2. The normalized spacial score (nSPS) is 18.4. The van der Waals surface area contributed by atoms with Crippen molar-refractivity contribution in [1.82, 2.24) is 29.4 Å². The van der Waals surface area contributed by atoms with E-state index in [4.69, 9.17) is 19.4 Å². The van der Waals surface area contributed by atoms with E-state index in [2.05, 4.69) is 41.5 Å². The summed E-state index contributed by atoms with van der Waals surface area (Å²) < 4.78 is 13.5. The first-order chi connectivity index (χ1) is 20.9. The van der Waals surface area contributed by atoms with Crippen LogP contribution in [-0.4, -0.2) is 86.3 Å². The minimum absolute atomic E-state index is 0.0765. The number of piperidine rings is 2. The fourth-order valence-corrected chi connectivity index (χ4v) is 5.57. The maximum Gasteiger partial charge on any atom is 0.410 e. The molecule has 4 heterocycles. The van der Waals surface area contributed by atoms with Gasteiger partial charge in [0.25, 0.3) is 0 Å². The highest BCUT2D eigenvalue weighted by Crippen LogP contribution is 2.25. The van der Waals surface area contributed by atoms with Crippen LogP contribution in [0.4, 0.5) is 16.4 Å². The van der Waals surface area contributed by atoms with Crippen LogP contribution >= 0.6 is 0 Å². The summed E-state index contributed by atoms with van der Waals surface area (Å²) in [5, 5.41) is 11.0. The molecule has 0 radical (unpaired) electrons. The Labute approximate surface area is 259 Å². The third-order valence-corrected chi connectivity index (χ3v) is 8.02. The first-order valence-electron chi connectivity index (χ1n) is 15.7. The number of nitrogens with zero attached hydrogens (tertiary/aromatic N) is 6. The molecule has 2 aromatic heterocycles. The smallest absolute Gasteiger partial charge is 0.410 e. The Morgan fingerprint density at radius 1 is 1.09 bits per heavy atom. The Morgan fingerprint density at radius 3 is 2.59 bits per heavy atom. The lowest BCUT2D eigenvalue weighted by molar-refractivity contribution is -0.121. The minimum atomic E-state index is -0.576. The van der Waals surface area contributed by atoms with Crippen molar-refractivity contribution in [3.8, 4) is 6.01 Å². The zero-order valence-corrected chi connectivity index (χ0v) is 26.8. The Bertz CT molecular complexity index is 1460. The highest BCUT2D eigenvalue weighted by molar-refractivity contribution is 5.93. The SMILES string of the molecule is CC(C)c1cnn2c(NCc3cccc(NC(=O)C4CCCN(C(=O)OC(C)(C)C)C4)c3)nc(OC3CCN(C)CC3)nc12. The molecule has 2 saturated heterocycles. The van der Waals surface area contributed by atoms with Gasteiger partial charge in [0.1, 0.15) is 11.7 Å². The molecular weight excluding hydrogens is 560 g/mol. The van der Waals surface area contributed by atoms with Gasteiger partial charge in [-0.1, -0.05) is 26.0 Å². The van der Waals surface area contributed by atoms with E-state index in [1.54, 1.807) is 9.42 Å². The number of ether oxygens (including phenoxy) is 2.